The van der Waals surface area contributed by atoms with Gasteiger partial charge in [-0.05, 0) is 31.0 Å². The lowest BCUT2D eigenvalue weighted by Crippen LogP contribution is -2.42. The Morgan fingerprint density at radius 1 is 1.35 bits per heavy atom. The largest absolute Gasteiger partial charge is 0.491 e. The van der Waals surface area contributed by atoms with Crippen LogP contribution in [0.3, 0.4) is 0 Å². The van der Waals surface area contributed by atoms with Crippen molar-refractivity contribution in [1.82, 2.24) is 5.32 Å². The predicted molar refractivity (Wildman–Crippen MR) is 81.9 cm³/mol. The van der Waals surface area contributed by atoms with Gasteiger partial charge in [-0.25, -0.2) is 0 Å². The minimum Gasteiger partial charge on any atom is -0.491 e. The third kappa shape index (κ3) is 5.05. The zero-order valence-corrected chi connectivity index (χ0v) is 13.1. The number of rotatable bonds is 7. The summed E-state index contributed by atoms with van der Waals surface area (Å²) in [6.45, 7) is 1.21. The number of aliphatic hydroxyl groups excluding tert-OH is 1. The van der Waals surface area contributed by atoms with E-state index in [4.69, 9.17) is 4.74 Å². The Hall–Kier alpha value is -0.620. The second-order valence-corrected chi connectivity index (χ2v) is 6.40. The Morgan fingerprint density at radius 3 is 2.80 bits per heavy atom. The molecule has 5 heteroatoms. The Morgan fingerprint density at radius 2 is 2.10 bits per heavy atom. The second-order valence-electron chi connectivity index (χ2n) is 5.48. The van der Waals surface area contributed by atoms with Crippen molar-refractivity contribution >= 4 is 15.9 Å². The number of aliphatic hydroxyl groups is 2. The molecule has 4 nitrogen and oxygen atoms in total. The van der Waals surface area contributed by atoms with Crippen LogP contribution in [0, 0.1) is 0 Å². The summed E-state index contributed by atoms with van der Waals surface area (Å²) >= 11 is 3.37. The van der Waals surface area contributed by atoms with Gasteiger partial charge in [0, 0.05) is 17.6 Å². The van der Waals surface area contributed by atoms with E-state index in [0.717, 1.165) is 35.9 Å². The van der Waals surface area contributed by atoms with Gasteiger partial charge in [-0.15, -0.1) is 0 Å². The molecule has 0 saturated heterocycles. The third-order valence-corrected chi connectivity index (χ3v) is 4.10. The Labute approximate surface area is 128 Å². The fourth-order valence-corrected chi connectivity index (χ4v) is 2.87. The van der Waals surface area contributed by atoms with Gasteiger partial charge in [-0.2, -0.15) is 0 Å². The number of benzene rings is 1. The summed E-state index contributed by atoms with van der Waals surface area (Å²) in [5.41, 5.74) is -0.579. The van der Waals surface area contributed by atoms with Crippen molar-refractivity contribution in [2.75, 3.05) is 19.7 Å². The Balaban J connectivity index is 1.64. The van der Waals surface area contributed by atoms with E-state index in [2.05, 4.69) is 21.2 Å². The molecule has 1 fully saturated rings. The second kappa shape index (κ2) is 7.41. The van der Waals surface area contributed by atoms with E-state index in [0.29, 0.717) is 13.1 Å². The van der Waals surface area contributed by atoms with Crippen LogP contribution >= 0.6 is 15.9 Å². The van der Waals surface area contributed by atoms with E-state index in [-0.39, 0.29) is 6.61 Å². The standard InChI is InChI=1S/C15H22BrNO3/c16-12-4-3-5-14(8-12)20-10-13(18)9-17-11-15(19)6-1-2-7-15/h3-5,8,13,17-19H,1-2,6-7,9-11H2. The third-order valence-electron chi connectivity index (χ3n) is 3.61. The predicted octanol–water partition coefficient (Wildman–Crippen LogP) is 2.08. The molecule has 3 N–H and O–H groups in total. The van der Waals surface area contributed by atoms with Crippen LogP contribution in [0.25, 0.3) is 0 Å². The smallest absolute Gasteiger partial charge is 0.120 e. The van der Waals surface area contributed by atoms with Crippen LogP contribution in [-0.4, -0.2) is 41.6 Å². The molecule has 1 unspecified atom stereocenters. The summed E-state index contributed by atoms with van der Waals surface area (Å²) in [7, 11) is 0. The summed E-state index contributed by atoms with van der Waals surface area (Å²) in [6, 6.07) is 7.53. The van der Waals surface area contributed by atoms with Gasteiger partial charge in [0.1, 0.15) is 18.5 Å². The summed E-state index contributed by atoms with van der Waals surface area (Å²) in [5, 5.41) is 23.1. The summed E-state index contributed by atoms with van der Waals surface area (Å²) in [5.74, 6) is 0.729. The summed E-state index contributed by atoms with van der Waals surface area (Å²) in [4.78, 5) is 0. The first-order chi connectivity index (χ1) is 9.57. The van der Waals surface area contributed by atoms with Crippen LogP contribution in [0.2, 0.25) is 0 Å². The molecular formula is C15H22BrNO3. The molecule has 0 aromatic heterocycles. The highest BCUT2D eigenvalue weighted by atomic mass is 79.9. The Kier molecular flexibility index (Phi) is 5.84. The van der Waals surface area contributed by atoms with Gasteiger partial charge in [0.05, 0.1) is 5.60 Å². The average Bonchev–Trinajstić information content (AvgIpc) is 2.83. The molecule has 112 valence electrons. The van der Waals surface area contributed by atoms with Crippen LogP contribution < -0.4 is 10.1 Å². The van der Waals surface area contributed by atoms with E-state index < -0.39 is 11.7 Å². The van der Waals surface area contributed by atoms with Crippen molar-refractivity contribution in [1.29, 1.82) is 0 Å². The van der Waals surface area contributed by atoms with Crippen molar-refractivity contribution in [3.63, 3.8) is 0 Å². The molecule has 2 rings (SSSR count). The van der Waals surface area contributed by atoms with Crippen LogP contribution in [0.5, 0.6) is 5.75 Å². The van der Waals surface area contributed by atoms with Crippen LogP contribution in [-0.2, 0) is 0 Å². The molecule has 0 amide bonds. The number of halogens is 1. The van der Waals surface area contributed by atoms with Gasteiger partial charge in [-0.3, -0.25) is 0 Å². The van der Waals surface area contributed by atoms with Gasteiger partial charge >= 0.3 is 0 Å². The first-order valence-corrected chi connectivity index (χ1v) is 7.86. The van der Waals surface area contributed by atoms with E-state index in [1.807, 2.05) is 24.3 Å². The van der Waals surface area contributed by atoms with E-state index in [1.54, 1.807) is 0 Å². The molecule has 0 bridgehead atoms. The first kappa shape index (κ1) is 15.8. The van der Waals surface area contributed by atoms with Gasteiger partial charge in [0.2, 0.25) is 0 Å². The summed E-state index contributed by atoms with van der Waals surface area (Å²) in [6.07, 6.45) is 3.30. The highest BCUT2D eigenvalue weighted by molar-refractivity contribution is 9.10. The molecule has 0 aliphatic heterocycles. The summed E-state index contributed by atoms with van der Waals surface area (Å²) < 4.78 is 6.46. The zero-order valence-electron chi connectivity index (χ0n) is 11.5. The average molecular weight is 344 g/mol. The lowest BCUT2D eigenvalue weighted by atomic mass is 10.0. The Bertz CT molecular complexity index is 421. The fourth-order valence-electron chi connectivity index (χ4n) is 2.49. The molecule has 20 heavy (non-hydrogen) atoms. The maximum absolute atomic E-state index is 10.2. The molecule has 1 aliphatic carbocycles. The van der Waals surface area contributed by atoms with Crippen molar-refractivity contribution in [2.24, 2.45) is 0 Å². The van der Waals surface area contributed by atoms with Gasteiger partial charge in [0.25, 0.3) is 0 Å². The number of nitrogens with one attached hydrogen (secondary N) is 1. The highest BCUT2D eigenvalue weighted by Crippen LogP contribution is 2.28. The monoisotopic (exact) mass is 343 g/mol. The topological polar surface area (TPSA) is 61.7 Å². The number of ether oxygens (including phenoxy) is 1. The maximum Gasteiger partial charge on any atom is 0.120 e. The molecule has 0 spiro atoms. The molecule has 1 aromatic carbocycles. The van der Waals surface area contributed by atoms with Crippen LogP contribution in [0.4, 0.5) is 0 Å². The van der Waals surface area contributed by atoms with E-state index >= 15 is 0 Å². The van der Waals surface area contributed by atoms with Crippen molar-refractivity contribution < 1.29 is 14.9 Å². The minimum atomic E-state index is -0.584. The molecule has 1 saturated carbocycles. The fraction of sp³-hybridized carbons (Fsp3) is 0.600. The van der Waals surface area contributed by atoms with Gasteiger partial charge in [0.15, 0.2) is 0 Å². The highest BCUT2D eigenvalue weighted by Gasteiger charge is 2.30. The molecule has 1 atom stereocenters. The van der Waals surface area contributed by atoms with Gasteiger partial charge in [-0.1, -0.05) is 34.8 Å². The van der Waals surface area contributed by atoms with E-state index in [9.17, 15) is 10.2 Å². The number of hydrogen-bond acceptors (Lipinski definition) is 4. The van der Waals surface area contributed by atoms with Crippen molar-refractivity contribution in [3.05, 3.63) is 28.7 Å². The van der Waals surface area contributed by atoms with Gasteiger partial charge < -0.3 is 20.3 Å². The van der Waals surface area contributed by atoms with Crippen molar-refractivity contribution in [3.8, 4) is 5.75 Å². The normalized spacial score (nSPS) is 18.9. The lowest BCUT2D eigenvalue weighted by molar-refractivity contribution is 0.0406. The molecule has 1 aromatic rings. The molecule has 0 heterocycles. The zero-order chi connectivity index (χ0) is 14.4. The van der Waals surface area contributed by atoms with Crippen LogP contribution in [0.1, 0.15) is 25.7 Å². The van der Waals surface area contributed by atoms with E-state index in [1.165, 1.54) is 0 Å². The SMILES string of the molecule is OC(CNCC1(O)CCCC1)COc1cccc(Br)c1. The quantitative estimate of drug-likeness (QED) is 0.709. The van der Waals surface area contributed by atoms with Crippen molar-refractivity contribution in [2.45, 2.75) is 37.4 Å². The van der Waals surface area contributed by atoms with Crippen LogP contribution in [0.15, 0.2) is 28.7 Å². The molecular weight excluding hydrogens is 322 g/mol. The lowest BCUT2D eigenvalue weighted by Gasteiger charge is -2.23. The molecule has 1 aliphatic rings. The first-order valence-electron chi connectivity index (χ1n) is 7.07. The minimum absolute atomic E-state index is 0.238. The number of hydrogen-bond donors (Lipinski definition) is 3. The molecule has 0 radical (unpaired) electrons. The maximum atomic E-state index is 10.2.